The Hall–Kier alpha value is -2.02. The molecule has 2 aliphatic rings. The summed E-state index contributed by atoms with van der Waals surface area (Å²) < 4.78 is 10.7. The molecule has 0 bridgehead atoms. The highest BCUT2D eigenvalue weighted by atomic mass is 35.5. The Morgan fingerprint density at radius 2 is 1.75 bits per heavy atom. The molecule has 2 amide bonds. The average molecular weight is 413 g/mol. The molecule has 156 valence electrons. The monoisotopic (exact) mass is 412 g/mol. The van der Waals surface area contributed by atoms with Gasteiger partial charge in [-0.15, -0.1) is 0 Å². The smallest absolute Gasteiger partial charge is 0.416 e. The molecule has 2 atom stereocenters. The standard InChI is InChI=1S/C20H29ClN2O5/c1-19(2,3)27-17(25)22-16-15(21)10-13(12-7-8-14(24)9-12)11-23(16)18(26)28-20(4,5)6/h10-12,16H,7-9H2,1-6H3,(H,22,25)/t12-,16?/m1/s1. The van der Waals surface area contributed by atoms with Gasteiger partial charge in [0.1, 0.15) is 17.0 Å². The third-order valence-electron chi connectivity index (χ3n) is 4.11. The SMILES string of the molecule is CC(C)(C)OC(=O)NC1C(Cl)=CC([C@@H]2CCC(=O)C2)=CN1C(=O)OC(C)(C)C. The Balaban J connectivity index is 2.28. The Morgan fingerprint density at radius 1 is 1.14 bits per heavy atom. The molecule has 0 radical (unpaired) electrons. The van der Waals surface area contributed by atoms with Gasteiger partial charge in [0.2, 0.25) is 0 Å². The van der Waals surface area contributed by atoms with Crippen LogP contribution in [-0.4, -0.2) is 40.2 Å². The largest absolute Gasteiger partial charge is 0.444 e. The van der Waals surface area contributed by atoms with Crippen molar-refractivity contribution in [3.8, 4) is 0 Å². The molecule has 0 aromatic rings. The molecule has 2 rings (SSSR count). The zero-order valence-electron chi connectivity index (χ0n) is 17.3. The van der Waals surface area contributed by atoms with Gasteiger partial charge in [-0.3, -0.25) is 15.0 Å². The van der Waals surface area contributed by atoms with Crippen LogP contribution in [0.4, 0.5) is 9.59 Å². The number of carbonyl (C=O) groups excluding carboxylic acids is 3. The summed E-state index contributed by atoms with van der Waals surface area (Å²) in [5.41, 5.74) is -0.654. The molecular weight excluding hydrogens is 384 g/mol. The van der Waals surface area contributed by atoms with Crippen molar-refractivity contribution in [1.29, 1.82) is 0 Å². The minimum absolute atomic E-state index is 0.00587. The van der Waals surface area contributed by atoms with Gasteiger partial charge < -0.3 is 9.47 Å². The molecule has 1 aliphatic heterocycles. The number of alkyl carbamates (subject to hydrolysis) is 1. The summed E-state index contributed by atoms with van der Waals surface area (Å²) in [6.07, 6.45) is 2.63. The molecule has 1 saturated carbocycles. The Bertz CT molecular complexity index is 715. The number of ether oxygens (including phenoxy) is 2. The van der Waals surface area contributed by atoms with Crippen LogP contribution in [0.25, 0.3) is 0 Å². The Labute approximate surface area is 171 Å². The third-order valence-corrected chi connectivity index (χ3v) is 4.42. The number of nitrogens with zero attached hydrogens (tertiary/aromatic N) is 1. The second-order valence-electron chi connectivity index (χ2n) is 9.07. The third kappa shape index (κ3) is 6.26. The molecule has 0 aromatic heterocycles. The zero-order valence-corrected chi connectivity index (χ0v) is 18.1. The first kappa shape index (κ1) is 22.3. The molecule has 1 aliphatic carbocycles. The van der Waals surface area contributed by atoms with E-state index >= 15 is 0 Å². The number of hydrogen-bond acceptors (Lipinski definition) is 5. The average Bonchev–Trinajstić information content (AvgIpc) is 2.91. The van der Waals surface area contributed by atoms with E-state index < -0.39 is 29.6 Å². The van der Waals surface area contributed by atoms with Crippen LogP contribution < -0.4 is 5.32 Å². The van der Waals surface area contributed by atoms with Crippen molar-refractivity contribution in [3.63, 3.8) is 0 Å². The number of ketones is 1. The normalized spacial score (nSPS) is 23.1. The number of rotatable bonds is 2. The van der Waals surface area contributed by atoms with Crippen LogP contribution in [0.2, 0.25) is 0 Å². The fraction of sp³-hybridized carbons (Fsp3) is 0.650. The second kappa shape index (κ2) is 8.15. The molecule has 0 saturated heterocycles. The fourth-order valence-electron chi connectivity index (χ4n) is 3.00. The first-order valence-electron chi connectivity index (χ1n) is 9.36. The number of hydrogen-bond donors (Lipinski definition) is 1. The van der Waals surface area contributed by atoms with Gasteiger partial charge in [-0.2, -0.15) is 0 Å². The van der Waals surface area contributed by atoms with Crippen molar-refractivity contribution in [2.45, 2.75) is 78.2 Å². The minimum Gasteiger partial charge on any atom is -0.444 e. The molecule has 1 unspecified atom stereocenters. The highest BCUT2D eigenvalue weighted by Crippen LogP contribution is 2.35. The number of amides is 2. The van der Waals surface area contributed by atoms with Gasteiger partial charge in [-0.25, -0.2) is 9.59 Å². The molecule has 0 aromatic carbocycles. The molecule has 7 nitrogen and oxygen atoms in total. The summed E-state index contributed by atoms with van der Waals surface area (Å²) in [6, 6.07) is 0. The van der Waals surface area contributed by atoms with Crippen LogP contribution in [0, 0.1) is 5.92 Å². The van der Waals surface area contributed by atoms with Crippen molar-refractivity contribution in [3.05, 3.63) is 22.9 Å². The molecule has 8 heteroatoms. The Morgan fingerprint density at radius 3 is 2.25 bits per heavy atom. The summed E-state index contributed by atoms with van der Waals surface area (Å²) >= 11 is 6.43. The van der Waals surface area contributed by atoms with Gasteiger partial charge in [-0.05, 0) is 65.5 Å². The van der Waals surface area contributed by atoms with Gasteiger partial charge in [0.15, 0.2) is 6.17 Å². The van der Waals surface area contributed by atoms with Gasteiger partial charge in [0.05, 0.1) is 5.03 Å². The predicted molar refractivity (Wildman–Crippen MR) is 106 cm³/mol. The maximum Gasteiger partial charge on any atom is 0.416 e. The van der Waals surface area contributed by atoms with Crippen LogP contribution in [-0.2, 0) is 14.3 Å². The van der Waals surface area contributed by atoms with Crippen LogP contribution in [0.5, 0.6) is 0 Å². The number of allylic oxidation sites excluding steroid dienone is 2. The minimum atomic E-state index is -0.952. The summed E-state index contributed by atoms with van der Waals surface area (Å²) in [6.45, 7) is 10.5. The van der Waals surface area contributed by atoms with E-state index in [0.29, 0.717) is 19.3 Å². The van der Waals surface area contributed by atoms with Crippen LogP contribution in [0.15, 0.2) is 22.9 Å². The van der Waals surface area contributed by atoms with E-state index in [-0.39, 0.29) is 16.7 Å². The second-order valence-corrected chi connectivity index (χ2v) is 9.51. The first-order chi connectivity index (χ1) is 12.7. The maximum absolute atomic E-state index is 12.8. The van der Waals surface area contributed by atoms with Crippen molar-refractivity contribution in [2.75, 3.05) is 0 Å². The van der Waals surface area contributed by atoms with Gasteiger partial charge in [-0.1, -0.05) is 11.6 Å². The van der Waals surface area contributed by atoms with E-state index in [4.69, 9.17) is 21.1 Å². The van der Waals surface area contributed by atoms with E-state index in [1.54, 1.807) is 53.8 Å². The van der Waals surface area contributed by atoms with Crippen molar-refractivity contribution < 1.29 is 23.9 Å². The zero-order chi connectivity index (χ0) is 21.3. The molecule has 1 fully saturated rings. The molecule has 28 heavy (non-hydrogen) atoms. The van der Waals surface area contributed by atoms with E-state index in [0.717, 1.165) is 5.57 Å². The van der Waals surface area contributed by atoms with Crippen molar-refractivity contribution >= 4 is 29.6 Å². The summed E-state index contributed by atoms with van der Waals surface area (Å²) in [4.78, 5) is 37.9. The molecule has 1 N–H and O–H groups in total. The maximum atomic E-state index is 12.8. The van der Waals surface area contributed by atoms with Crippen LogP contribution >= 0.6 is 11.6 Å². The van der Waals surface area contributed by atoms with Gasteiger partial charge in [0.25, 0.3) is 0 Å². The van der Waals surface area contributed by atoms with Crippen molar-refractivity contribution in [2.24, 2.45) is 5.92 Å². The lowest BCUT2D eigenvalue weighted by Gasteiger charge is -2.35. The fourth-order valence-corrected chi connectivity index (χ4v) is 3.28. The first-order valence-corrected chi connectivity index (χ1v) is 9.74. The lowest BCUT2D eigenvalue weighted by atomic mass is 9.95. The summed E-state index contributed by atoms with van der Waals surface area (Å²) in [5.74, 6) is 0.182. The predicted octanol–water partition coefficient (Wildman–Crippen LogP) is 4.46. The van der Waals surface area contributed by atoms with Crippen molar-refractivity contribution in [1.82, 2.24) is 10.2 Å². The highest BCUT2D eigenvalue weighted by Gasteiger charge is 2.36. The lowest BCUT2D eigenvalue weighted by Crippen LogP contribution is -2.52. The molecular formula is C20H29ClN2O5. The summed E-state index contributed by atoms with van der Waals surface area (Å²) in [5, 5.41) is 2.86. The topological polar surface area (TPSA) is 84.9 Å². The Kier molecular flexibility index (Phi) is 6.48. The van der Waals surface area contributed by atoms with Gasteiger partial charge >= 0.3 is 12.2 Å². The van der Waals surface area contributed by atoms with E-state index in [9.17, 15) is 14.4 Å². The number of Topliss-reactive ketones (excluding diaryl/α,β-unsaturated/α-hetero) is 1. The highest BCUT2D eigenvalue weighted by molar-refractivity contribution is 6.30. The van der Waals surface area contributed by atoms with E-state index in [2.05, 4.69) is 5.32 Å². The van der Waals surface area contributed by atoms with Gasteiger partial charge in [0, 0.05) is 19.0 Å². The number of halogens is 1. The quantitative estimate of drug-likeness (QED) is 0.723. The number of carbonyl (C=O) groups is 3. The van der Waals surface area contributed by atoms with Crippen LogP contribution in [0.1, 0.15) is 60.8 Å². The number of nitrogens with one attached hydrogen (secondary N) is 1. The van der Waals surface area contributed by atoms with E-state index in [1.165, 1.54) is 4.90 Å². The van der Waals surface area contributed by atoms with E-state index in [1.807, 2.05) is 0 Å². The molecule has 1 heterocycles. The molecule has 0 spiro atoms. The summed E-state index contributed by atoms with van der Waals surface area (Å²) in [7, 11) is 0. The van der Waals surface area contributed by atoms with Crippen LogP contribution in [0.3, 0.4) is 0 Å². The lowest BCUT2D eigenvalue weighted by molar-refractivity contribution is -0.117.